The van der Waals surface area contributed by atoms with E-state index < -0.39 is 10.0 Å². The number of aromatic nitrogens is 2. The summed E-state index contributed by atoms with van der Waals surface area (Å²) in [5.74, 6) is 1.81. The van der Waals surface area contributed by atoms with Gasteiger partial charge in [0, 0.05) is 25.5 Å². The quantitative estimate of drug-likeness (QED) is 0.540. The highest BCUT2D eigenvalue weighted by molar-refractivity contribution is 7.89. The van der Waals surface area contributed by atoms with Crippen LogP contribution in [0.25, 0.3) is 0 Å². The van der Waals surface area contributed by atoms with Crippen molar-refractivity contribution in [2.75, 3.05) is 13.7 Å². The van der Waals surface area contributed by atoms with Gasteiger partial charge in [-0.25, -0.2) is 13.4 Å². The standard InChI is InChI=1S/C22H25N3O3S/c1-28-20-9-11-21(12-10-20)29(26,27)25(16-19-7-8-19)17-22-23-13-14-24(22)15-18-5-3-2-4-6-18/h2-6,9-14,19H,7-8,15-17H2,1H3. The molecule has 0 spiro atoms. The lowest BCUT2D eigenvalue weighted by atomic mass is 10.2. The van der Waals surface area contributed by atoms with Crippen molar-refractivity contribution in [2.45, 2.75) is 30.8 Å². The molecule has 1 aliphatic carbocycles. The van der Waals surface area contributed by atoms with Crippen molar-refractivity contribution in [1.29, 1.82) is 0 Å². The van der Waals surface area contributed by atoms with Crippen LogP contribution in [0.4, 0.5) is 0 Å². The molecule has 0 unspecified atom stereocenters. The number of nitrogens with zero attached hydrogens (tertiary/aromatic N) is 3. The molecule has 1 fully saturated rings. The van der Waals surface area contributed by atoms with E-state index in [-0.39, 0.29) is 11.4 Å². The highest BCUT2D eigenvalue weighted by Gasteiger charge is 2.32. The number of sulfonamides is 1. The lowest BCUT2D eigenvalue weighted by Gasteiger charge is -2.22. The van der Waals surface area contributed by atoms with E-state index in [1.165, 1.54) is 0 Å². The van der Waals surface area contributed by atoms with Crippen LogP contribution in [0.1, 0.15) is 24.2 Å². The summed E-state index contributed by atoms with van der Waals surface area (Å²) < 4.78 is 35.4. The number of imidazole rings is 1. The van der Waals surface area contributed by atoms with E-state index in [0.717, 1.165) is 24.2 Å². The summed E-state index contributed by atoms with van der Waals surface area (Å²) in [5.41, 5.74) is 1.15. The fraction of sp³-hybridized carbons (Fsp3) is 0.318. The van der Waals surface area contributed by atoms with Crippen molar-refractivity contribution in [1.82, 2.24) is 13.9 Å². The van der Waals surface area contributed by atoms with Gasteiger partial charge in [-0.2, -0.15) is 4.31 Å². The third-order valence-electron chi connectivity index (χ3n) is 5.17. The molecule has 4 rings (SSSR count). The minimum absolute atomic E-state index is 0.255. The van der Waals surface area contributed by atoms with Crippen LogP contribution in [-0.4, -0.2) is 35.9 Å². The SMILES string of the molecule is COc1ccc(S(=O)(=O)N(Cc2nccn2Cc2ccccc2)CC2CC2)cc1. The van der Waals surface area contributed by atoms with Gasteiger partial charge in [0.15, 0.2) is 0 Å². The molecule has 0 N–H and O–H groups in total. The zero-order valence-electron chi connectivity index (χ0n) is 16.4. The van der Waals surface area contributed by atoms with E-state index in [2.05, 4.69) is 17.1 Å². The van der Waals surface area contributed by atoms with Crippen LogP contribution in [0.15, 0.2) is 71.9 Å². The van der Waals surface area contributed by atoms with Gasteiger partial charge in [-0.1, -0.05) is 30.3 Å². The molecule has 7 heteroatoms. The predicted octanol–water partition coefficient (Wildman–Crippen LogP) is 3.54. The van der Waals surface area contributed by atoms with Gasteiger partial charge >= 0.3 is 0 Å². The van der Waals surface area contributed by atoms with Crippen molar-refractivity contribution in [3.05, 3.63) is 78.4 Å². The first-order chi connectivity index (χ1) is 14.1. The summed E-state index contributed by atoms with van der Waals surface area (Å²) in [6.45, 7) is 1.44. The topological polar surface area (TPSA) is 64.4 Å². The number of benzene rings is 2. The smallest absolute Gasteiger partial charge is 0.243 e. The van der Waals surface area contributed by atoms with Crippen molar-refractivity contribution in [3.63, 3.8) is 0 Å². The summed E-state index contributed by atoms with van der Waals surface area (Å²) in [7, 11) is -2.06. The van der Waals surface area contributed by atoms with Crippen LogP contribution in [0.3, 0.4) is 0 Å². The maximum absolute atomic E-state index is 13.3. The Hall–Kier alpha value is -2.64. The molecule has 0 saturated heterocycles. The lowest BCUT2D eigenvalue weighted by molar-refractivity contribution is 0.377. The Labute approximate surface area is 171 Å². The molecule has 1 aromatic heterocycles. The van der Waals surface area contributed by atoms with Gasteiger partial charge in [0.1, 0.15) is 11.6 Å². The maximum atomic E-state index is 13.3. The van der Waals surface area contributed by atoms with Crippen molar-refractivity contribution in [2.24, 2.45) is 5.92 Å². The molecule has 0 radical (unpaired) electrons. The molecule has 0 aliphatic heterocycles. The number of hydrogen-bond donors (Lipinski definition) is 0. The van der Waals surface area contributed by atoms with Crippen LogP contribution in [-0.2, 0) is 23.1 Å². The maximum Gasteiger partial charge on any atom is 0.243 e. The van der Waals surface area contributed by atoms with Gasteiger partial charge in [0.05, 0.1) is 18.6 Å². The minimum Gasteiger partial charge on any atom is -0.497 e. The Morgan fingerprint density at radius 2 is 1.83 bits per heavy atom. The number of hydrogen-bond acceptors (Lipinski definition) is 4. The van der Waals surface area contributed by atoms with Gasteiger partial charge in [0.2, 0.25) is 10.0 Å². The molecule has 0 bridgehead atoms. The normalized spacial score (nSPS) is 14.3. The molecule has 2 aromatic carbocycles. The van der Waals surface area contributed by atoms with Crippen LogP contribution in [0, 0.1) is 5.92 Å². The van der Waals surface area contributed by atoms with Gasteiger partial charge in [-0.15, -0.1) is 0 Å². The van der Waals surface area contributed by atoms with E-state index in [1.807, 2.05) is 29.0 Å². The van der Waals surface area contributed by atoms with Crippen LogP contribution < -0.4 is 4.74 Å². The molecule has 1 aliphatic rings. The molecule has 6 nitrogen and oxygen atoms in total. The molecule has 0 amide bonds. The Morgan fingerprint density at radius 1 is 1.10 bits per heavy atom. The second kappa shape index (κ2) is 8.39. The monoisotopic (exact) mass is 411 g/mol. The molecule has 152 valence electrons. The first-order valence-electron chi connectivity index (χ1n) is 9.74. The van der Waals surface area contributed by atoms with E-state index in [4.69, 9.17) is 4.74 Å². The number of ether oxygens (including phenoxy) is 1. The molecular weight excluding hydrogens is 386 g/mol. The van der Waals surface area contributed by atoms with E-state index in [9.17, 15) is 8.42 Å². The Bertz CT molecular complexity index is 1040. The molecule has 1 heterocycles. The van der Waals surface area contributed by atoms with Gasteiger partial charge < -0.3 is 9.30 Å². The molecule has 29 heavy (non-hydrogen) atoms. The molecule has 1 saturated carbocycles. The summed E-state index contributed by atoms with van der Waals surface area (Å²) in [5, 5.41) is 0. The first kappa shape index (κ1) is 19.7. The second-order valence-corrected chi connectivity index (χ2v) is 9.31. The van der Waals surface area contributed by atoms with E-state index in [1.54, 1.807) is 41.9 Å². The van der Waals surface area contributed by atoms with Crippen molar-refractivity contribution >= 4 is 10.0 Å². The summed E-state index contributed by atoms with van der Waals surface area (Å²) in [6.07, 6.45) is 5.78. The Kier molecular flexibility index (Phi) is 5.69. The molecule has 3 aromatic rings. The highest BCUT2D eigenvalue weighted by Crippen LogP contribution is 2.32. The minimum atomic E-state index is -3.62. The van der Waals surface area contributed by atoms with Crippen LogP contribution >= 0.6 is 0 Å². The van der Waals surface area contributed by atoms with Gasteiger partial charge in [-0.3, -0.25) is 0 Å². The predicted molar refractivity (Wildman–Crippen MR) is 111 cm³/mol. The average molecular weight is 412 g/mol. The summed E-state index contributed by atoms with van der Waals surface area (Å²) >= 11 is 0. The first-order valence-corrected chi connectivity index (χ1v) is 11.2. The molecular formula is C22H25N3O3S. The summed E-state index contributed by atoms with van der Waals surface area (Å²) in [4.78, 5) is 4.73. The second-order valence-electron chi connectivity index (χ2n) is 7.37. The van der Waals surface area contributed by atoms with Gasteiger partial charge in [-0.05, 0) is 48.6 Å². The van der Waals surface area contributed by atoms with Gasteiger partial charge in [0.25, 0.3) is 0 Å². The van der Waals surface area contributed by atoms with Crippen LogP contribution in [0.5, 0.6) is 5.75 Å². The Morgan fingerprint density at radius 3 is 2.48 bits per heavy atom. The lowest BCUT2D eigenvalue weighted by Crippen LogP contribution is -2.33. The summed E-state index contributed by atoms with van der Waals surface area (Å²) in [6, 6.07) is 16.7. The van der Waals surface area contributed by atoms with Crippen molar-refractivity contribution < 1.29 is 13.2 Å². The highest BCUT2D eigenvalue weighted by atomic mass is 32.2. The third kappa shape index (κ3) is 4.68. The fourth-order valence-electron chi connectivity index (χ4n) is 3.31. The third-order valence-corrected chi connectivity index (χ3v) is 7.00. The zero-order chi connectivity index (χ0) is 20.3. The van der Waals surface area contributed by atoms with E-state index in [0.29, 0.717) is 24.8 Å². The number of rotatable bonds is 9. The fourth-order valence-corrected chi connectivity index (χ4v) is 4.78. The number of methoxy groups -OCH3 is 1. The molecule has 0 atom stereocenters. The van der Waals surface area contributed by atoms with Crippen LogP contribution in [0.2, 0.25) is 0 Å². The average Bonchev–Trinajstić information content (AvgIpc) is 3.47. The van der Waals surface area contributed by atoms with Crippen molar-refractivity contribution in [3.8, 4) is 5.75 Å². The zero-order valence-corrected chi connectivity index (χ0v) is 17.3. The largest absolute Gasteiger partial charge is 0.497 e. The Balaban J connectivity index is 1.58. The van der Waals surface area contributed by atoms with E-state index >= 15 is 0 Å².